The zero-order valence-corrected chi connectivity index (χ0v) is 7.95. The second-order valence-electron chi connectivity index (χ2n) is 2.83. The summed E-state index contributed by atoms with van der Waals surface area (Å²) in [5.74, 6) is -0.714. The quantitative estimate of drug-likeness (QED) is 0.472. The third kappa shape index (κ3) is 1.84. The second-order valence-corrected chi connectivity index (χ2v) is 3.77. The van der Waals surface area contributed by atoms with Crippen molar-refractivity contribution in [2.75, 3.05) is 14.2 Å². The van der Waals surface area contributed by atoms with E-state index in [0.29, 0.717) is 0 Å². The Hall–Kier alpha value is 0.210. The van der Waals surface area contributed by atoms with Crippen LogP contribution >= 0.6 is 11.6 Å². The highest BCUT2D eigenvalue weighted by molar-refractivity contribution is 6.24. The lowest BCUT2D eigenvalue weighted by Crippen LogP contribution is -2.46. The van der Waals surface area contributed by atoms with E-state index in [0.717, 1.165) is 0 Å². The normalized spacial score (nSPS) is 13.8. The van der Waals surface area contributed by atoms with Crippen molar-refractivity contribution in [3.63, 3.8) is 0 Å². The van der Waals surface area contributed by atoms with Crippen molar-refractivity contribution in [3.8, 4) is 0 Å². The molecule has 62 valence electrons. The lowest BCUT2D eigenvalue weighted by molar-refractivity contribution is -0.211. The molecule has 0 rings (SSSR count). The maximum Gasteiger partial charge on any atom is 0.183 e. The first-order valence-electron chi connectivity index (χ1n) is 3.16. The Balaban J connectivity index is 4.33. The number of hydrogen-bond donors (Lipinski definition) is 0. The maximum absolute atomic E-state index is 5.99. The lowest BCUT2D eigenvalue weighted by atomic mass is 10.0. The van der Waals surface area contributed by atoms with Crippen LogP contribution in [-0.2, 0) is 9.47 Å². The molecule has 0 unspecified atom stereocenters. The van der Waals surface area contributed by atoms with Gasteiger partial charge in [0, 0.05) is 14.2 Å². The van der Waals surface area contributed by atoms with Gasteiger partial charge < -0.3 is 9.47 Å². The van der Waals surface area contributed by atoms with E-state index in [2.05, 4.69) is 0 Å². The van der Waals surface area contributed by atoms with Crippen LogP contribution in [-0.4, -0.2) is 24.9 Å². The fraction of sp³-hybridized carbons (Fsp3) is 1.00. The minimum absolute atomic E-state index is 0.517. The van der Waals surface area contributed by atoms with E-state index >= 15 is 0 Å². The molecule has 0 fully saturated rings. The summed E-state index contributed by atoms with van der Waals surface area (Å²) in [5, 5.41) is 0. The molecular weight excluding hydrogens is 152 g/mol. The lowest BCUT2D eigenvalue weighted by Gasteiger charge is -2.36. The Kier molecular flexibility index (Phi) is 3.14. The predicted octanol–water partition coefficient (Wildman–Crippen LogP) is 2.01. The van der Waals surface area contributed by atoms with Gasteiger partial charge in [0.2, 0.25) is 0 Å². The van der Waals surface area contributed by atoms with E-state index in [4.69, 9.17) is 21.1 Å². The molecule has 0 saturated heterocycles. The molecule has 0 aromatic carbocycles. The summed E-state index contributed by atoms with van der Waals surface area (Å²) in [6, 6.07) is 0. The first-order chi connectivity index (χ1) is 4.37. The van der Waals surface area contributed by atoms with E-state index in [9.17, 15) is 0 Å². The van der Waals surface area contributed by atoms with Crippen molar-refractivity contribution in [1.82, 2.24) is 0 Å². The Morgan fingerprint density at radius 1 is 1.00 bits per heavy atom. The molecular formula is C7H15ClO2. The van der Waals surface area contributed by atoms with Crippen LogP contribution in [0.1, 0.15) is 20.8 Å². The van der Waals surface area contributed by atoms with Gasteiger partial charge in [-0.2, -0.15) is 0 Å². The summed E-state index contributed by atoms with van der Waals surface area (Å²) < 4.78 is 10.2. The van der Waals surface area contributed by atoms with Crippen LogP contribution in [0.15, 0.2) is 0 Å². The van der Waals surface area contributed by atoms with E-state index < -0.39 is 10.7 Å². The van der Waals surface area contributed by atoms with Crippen LogP contribution in [0.2, 0.25) is 0 Å². The average Bonchev–Trinajstić information content (AvgIpc) is 1.84. The fourth-order valence-corrected chi connectivity index (χ4v) is 0.723. The van der Waals surface area contributed by atoms with Crippen molar-refractivity contribution in [2.24, 2.45) is 0 Å². The van der Waals surface area contributed by atoms with Gasteiger partial charge in [-0.25, -0.2) is 0 Å². The largest absolute Gasteiger partial charge is 0.352 e. The number of halogens is 1. The molecule has 0 amide bonds. The minimum Gasteiger partial charge on any atom is -0.352 e. The Bertz CT molecular complexity index is 103. The van der Waals surface area contributed by atoms with Gasteiger partial charge in [0.05, 0.1) is 4.87 Å². The van der Waals surface area contributed by atoms with E-state index in [1.165, 1.54) is 0 Å². The molecule has 0 heterocycles. The van der Waals surface area contributed by atoms with Crippen molar-refractivity contribution in [3.05, 3.63) is 0 Å². The molecule has 0 radical (unpaired) electrons. The molecule has 0 atom stereocenters. The average molecular weight is 167 g/mol. The van der Waals surface area contributed by atoms with Gasteiger partial charge in [0.25, 0.3) is 0 Å². The Morgan fingerprint density at radius 2 is 1.30 bits per heavy atom. The smallest absolute Gasteiger partial charge is 0.183 e. The summed E-state index contributed by atoms with van der Waals surface area (Å²) in [6.07, 6.45) is 0. The monoisotopic (exact) mass is 166 g/mol. The molecule has 0 aliphatic heterocycles. The minimum atomic E-state index is -0.714. The molecule has 3 heteroatoms. The summed E-state index contributed by atoms with van der Waals surface area (Å²) >= 11 is 5.99. The van der Waals surface area contributed by atoms with Gasteiger partial charge in [-0.1, -0.05) is 0 Å². The molecule has 0 saturated carbocycles. The Morgan fingerprint density at radius 3 is 1.30 bits per heavy atom. The number of methoxy groups -OCH3 is 2. The van der Waals surface area contributed by atoms with Gasteiger partial charge in [-0.15, -0.1) is 11.6 Å². The highest BCUT2D eigenvalue weighted by Gasteiger charge is 2.40. The van der Waals surface area contributed by atoms with Gasteiger partial charge in [-0.3, -0.25) is 0 Å². The van der Waals surface area contributed by atoms with Crippen molar-refractivity contribution in [2.45, 2.75) is 31.4 Å². The van der Waals surface area contributed by atoms with Crippen LogP contribution < -0.4 is 0 Å². The van der Waals surface area contributed by atoms with Crippen molar-refractivity contribution in [1.29, 1.82) is 0 Å². The molecule has 0 aliphatic rings. The topological polar surface area (TPSA) is 18.5 Å². The van der Waals surface area contributed by atoms with Crippen LogP contribution in [0.25, 0.3) is 0 Å². The molecule has 2 nitrogen and oxygen atoms in total. The molecule has 10 heavy (non-hydrogen) atoms. The standard InChI is InChI=1S/C7H15ClO2/c1-6(2,8)7(3,9-4)10-5/h1-5H3. The van der Waals surface area contributed by atoms with Crippen molar-refractivity contribution < 1.29 is 9.47 Å². The summed E-state index contributed by atoms with van der Waals surface area (Å²) in [6.45, 7) is 5.50. The molecule has 0 aliphatic carbocycles. The molecule has 0 spiro atoms. The zero-order valence-electron chi connectivity index (χ0n) is 7.19. The van der Waals surface area contributed by atoms with Gasteiger partial charge >= 0.3 is 0 Å². The van der Waals surface area contributed by atoms with Crippen LogP contribution in [0.4, 0.5) is 0 Å². The van der Waals surface area contributed by atoms with E-state index in [-0.39, 0.29) is 0 Å². The van der Waals surface area contributed by atoms with Crippen LogP contribution in [0.5, 0.6) is 0 Å². The predicted molar refractivity (Wildman–Crippen MR) is 42.4 cm³/mol. The second kappa shape index (κ2) is 3.07. The van der Waals surface area contributed by atoms with Gasteiger partial charge in [0.15, 0.2) is 5.79 Å². The SMILES string of the molecule is COC(C)(OC)C(C)(C)Cl. The highest BCUT2D eigenvalue weighted by Crippen LogP contribution is 2.31. The first kappa shape index (κ1) is 10.2. The highest BCUT2D eigenvalue weighted by atomic mass is 35.5. The third-order valence-electron chi connectivity index (χ3n) is 1.86. The van der Waals surface area contributed by atoms with E-state index in [1.54, 1.807) is 21.1 Å². The molecule has 0 aromatic rings. The number of hydrogen-bond acceptors (Lipinski definition) is 2. The molecule has 0 N–H and O–H groups in total. The first-order valence-corrected chi connectivity index (χ1v) is 3.54. The Labute approximate surface area is 67.5 Å². The number of ether oxygens (including phenoxy) is 2. The molecule has 0 bridgehead atoms. The zero-order chi connectivity index (χ0) is 8.41. The van der Waals surface area contributed by atoms with Crippen LogP contribution in [0, 0.1) is 0 Å². The van der Waals surface area contributed by atoms with Crippen molar-refractivity contribution >= 4 is 11.6 Å². The fourth-order valence-electron chi connectivity index (χ4n) is 0.569. The van der Waals surface area contributed by atoms with Gasteiger partial charge in [0.1, 0.15) is 0 Å². The number of alkyl halides is 1. The maximum atomic E-state index is 5.99. The van der Waals surface area contributed by atoms with E-state index in [1.807, 2.05) is 13.8 Å². The van der Waals surface area contributed by atoms with Gasteiger partial charge in [-0.05, 0) is 20.8 Å². The van der Waals surface area contributed by atoms with Crippen LogP contribution in [0.3, 0.4) is 0 Å². The summed E-state index contributed by atoms with van der Waals surface area (Å²) in [5.41, 5.74) is 0. The summed E-state index contributed by atoms with van der Waals surface area (Å²) in [7, 11) is 3.15. The third-order valence-corrected chi connectivity index (χ3v) is 2.20. The summed E-state index contributed by atoms with van der Waals surface area (Å²) in [4.78, 5) is -0.517. The number of rotatable bonds is 3. The molecule has 0 aromatic heterocycles.